The number of ether oxygens (including phenoxy) is 1. The highest BCUT2D eigenvalue weighted by molar-refractivity contribution is 5.91. The average Bonchev–Trinajstić information content (AvgIpc) is 3.09. The van der Waals surface area contributed by atoms with Crippen LogP contribution in [-0.2, 0) is 0 Å². The summed E-state index contributed by atoms with van der Waals surface area (Å²) in [6.07, 6.45) is 8.70. The second-order valence-electron chi connectivity index (χ2n) is 11.5. The minimum absolute atomic E-state index is 0.830. The Morgan fingerprint density at radius 3 is 0.956 bits per heavy atom. The fraction of sp³-hybridized carbons (Fsp3) is 0. The molecule has 0 unspecified atom stereocenters. The van der Waals surface area contributed by atoms with Gasteiger partial charge in [-0.15, -0.1) is 0 Å². The van der Waals surface area contributed by atoms with Crippen LogP contribution in [0.3, 0.4) is 0 Å². The molecular weight excluding hydrogens is 544 g/mol. The second kappa shape index (κ2) is 11.6. The number of benzene rings is 8. The van der Waals surface area contributed by atoms with Gasteiger partial charge in [-0.05, 0) is 114 Å². The summed E-state index contributed by atoms with van der Waals surface area (Å²) in [6, 6.07) is 55.7. The van der Waals surface area contributed by atoms with Gasteiger partial charge in [0.25, 0.3) is 0 Å². The zero-order chi connectivity index (χ0) is 30.0. The van der Waals surface area contributed by atoms with Gasteiger partial charge in [-0.3, -0.25) is 0 Å². The van der Waals surface area contributed by atoms with E-state index in [1.54, 1.807) is 0 Å². The van der Waals surface area contributed by atoms with Crippen LogP contribution >= 0.6 is 0 Å². The van der Waals surface area contributed by atoms with Crippen LogP contribution in [0.5, 0.6) is 11.5 Å². The van der Waals surface area contributed by atoms with Crippen molar-refractivity contribution in [3.05, 3.63) is 180 Å². The van der Waals surface area contributed by atoms with Crippen molar-refractivity contribution in [3.8, 4) is 11.5 Å². The molecule has 0 amide bonds. The first-order valence-electron chi connectivity index (χ1n) is 15.3. The van der Waals surface area contributed by atoms with Crippen molar-refractivity contribution >= 4 is 67.4 Å². The van der Waals surface area contributed by atoms with E-state index in [0.717, 1.165) is 22.3 Å². The summed E-state index contributed by atoms with van der Waals surface area (Å²) in [7, 11) is 0. The molecule has 0 saturated heterocycles. The summed E-state index contributed by atoms with van der Waals surface area (Å²) < 4.78 is 6.31. The predicted octanol–water partition coefficient (Wildman–Crippen LogP) is 12.4. The Kier molecular flexibility index (Phi) is 6.90. The molecule has 0 bridgehead atoms. The third kappa shape index (κ3) is 5.85. The minimum Gasteiger partial charge on any atom is -0.457 e. The van der Waals surface area contributed by atoms with E-state index in [2.05, 4.69) is 170 Å². The molecule has 0 aliphatic carbocycles. The molecule has 0 aromatic heterocycles. The first-order chi connectivity index (χ1) is 22.2. The summed E-state index contributed by atoms with van der Waals surface area (Å²) in [6.45, 7) is 0. The van der Waals surface area contributed by atoms with Crippen molar-refractivity contribution in [2.24, 2.45) is 0 Å². The van der Waals surface area contributed by atoms with Crippen molar-refractivity contribution in [2.45, 2.75) is 0 Å². The average molecular weight is 575 g/mol. The van der Waals surface area contributed by atoms with E-state index < -0.39 is 0 Å². The maximum atomic E-state index is 6.31. The summed E-state index contributed by atoms with van der Waals surface area (Å²) in [5, 5.41) is 9.71. The molecular formula is C44H30O. The van der Waals surface area contributed by atoms with Gasteiger partial charge in [-0.1, -0.05) is 133 Å². The molecule has 212 valence electrons. The van der Waals surface area contributed by atoms with Crippen LogP contribution in [-0.4, -0.2) is 0 Å². The Balaban J connectivity index is 0.966. The quantitative estimate of drug-likeness (QED) is 0.180. The molecule has 0 radical (unpaired) electrons. The Labute approximate surface area is 263 Å². The van der Waals surface area contributed by atoms with Crippen LogP contribution < -0.4 is 4.74 Å². The fourth-order valence-electron chi connectivity index (χ4n) is 5.96. The monoisotopic (exact) mass is 574 g/mol. The molecule has 8 rings (SSSR count). The highest BCUT2D eigenvalue weighted by Gasteiger charge is 2.04. The molecule has 0 aliphatic heterocycles. The maximum absolute atomic E-state index is 6.31. The van der Waals surface area contributed by atoms with Gasteiger partial charge in [-0.2, -0.15) is 0 Å². The van der Waals surface area contributed by atoms with Gasteiger partial charge in [0.15, 0.2) is 0 Å². The first kappa shape index (κ1) is 26.7. The lowest BCUT2D eigenvalue weighted by Gasteiger charge is -2.09. The number of hydrogen-bond acceptors (Lipinski definition) is 1. The van der Waals surface area contributed by atoms with Crippen molar-refractivity contribution in [1.29, 1.82) is 0 Å². The predicted molar refractivity (Wildman–Crippen MR) is 194 cm³/mol. The maximum Gasteiger partial charge on any atom is 0.128 e. The topological polar surface area (TPSA) is 9.23 Å². The molecule has 8 aromatic rings. The molecule has 0 saturated carbocycles. The second-order valence-corrected chi connectivity index (χ2v) is 11.5. The highest BCUT2D eigenvalue weighted by atomic mass is 16.5. The zero-order valence-electron chi connectivity index (χ0n) is 24.7. The lowest BCUT2D eigenvalue weighted by Crippen LogP contribution is -1.86. The minimum atomic E-state index is 0.830. The normalized spacial score (nSPS) is 11.8. The van der Waals surface area contributed by atoms with Crippen LogP contribution in [0.25, 0.3) is 67.4 Å². The van der Waals surface area contributed by atoms with Gasteiger partial charge in [0.05, 0.1) is 0 Å². The van der Waals surface area contributed by atoms with Crippen molar-refractivity contribution in [1.82, 2.24) is 0 Å². The molecule has 45 heavy (non-hydrogen) atoms. The van der Waals surface area contributed by atoms with Crippen LogP contribution in [0.2, 0.25) is 0 Å². The van der Waals surface area contributed by atoms with Gasteiger partial charge < -0.3 is 4.74 Å². The molecule has 0 atom stereocenters. The van der Waals surface area contributed by atoms with Crippen molar-refractivity contribution in [2.75, 3.05) is 0 Å². The molecule has 8 aromatic carbocycles. The zero-order valence-corrected chi connectivity index (χ0v) is 24.7. The van der Waals surface area contributed by atoms with E-state index in [1.807, 2.05) is 12.1 Å². The van der Waals surface area contributed by atoms with E-state index in [4.69, 9.17) is 4.74 Å². The molecule has 0 fully saturated rings. The van der Waals surface area contributed by atoms with E-state index in [0.29, 0.717) is 0 Å². The van der Waals surface area contributed by atoms with Gasteiger partial charge in [0, 0.05) is 0 Å². The molecule has 1 nitrogen and oxygen atoms in total. The van der Waals surface area contributed by atoms with Crippen LogP contribution in [0.1, 0.15) is 22.3 Å². The number of hydrogen-bond donors (Lipinski definition) is 0. The van der Waals surface area contributed by atoms with Crippen LogP contribution in [0.15, 0.2) is 158 Å². The molecule has 0 aliphatic rings. The fourth-order valence-corrected chi connectivity index (χ4v) is 5.96. The number of fused-ring (bicyclic) bond motifs is 4. The standard InChI is InChI=1S/C44H30O/c1-3-7-37-25-31(13-17-35(37)5-1)9-11-33-15-19-41-29-43(23-21-39(41)27-33)45-44-24-22-40-28-34(16-20-42(40)30-44)12-10-32-14-18-36-6-2-4-8-38(36)26-32/h1-30H. The van der Waals surface area contributed by atoms with Gasteiger partial charge in [-0.25, -0.2) is 0 Å². The van der Waals surface area contributed by atoms with E-state index in [1.165, 1.54) is 54.6 Å². The van der Waals surface area contributed by atoms with Crippen molar-refractivity contribution in [3.63, 3.8) is 0 Å². The van der Waals surface area contributed by atoms with Crippen molar-refractivity contribution < 1.29 is 4.74 Å². The van der Waals surface area contributed by atoms with Gasteiger partial charge in [0.2, 0.25) is 0 Å². The van der Waals surface area contributed by atoms with Gasteiger partial charge >= 0.3 is 0 Å². The highest BCUT2D eigenvalue weighted by Crippen LogP contribution is 2.30. The summed E-state index contributed by atoms with van der Waals surface area (Å²) in [4.78, 5) is 0. The molecule has 0 heterocycles. The molecule has 1 heteroatoms. The number of rotatable bonds is 6. The van der Waals surface area contributed by atoms with Crippen LogP contribution in [0.4, 0.5) is 0 Å². The van der Waals surface area contributed by atoms with E-state index in [-0.39, 0.29) is 0 Å². The van der Waals surface area contributed by atoms with E-state index in [9.17, 15) is 0 Å². The lowest BCUT2D eigenvalue weighted by molar-refractivity contribution is 0.484. The third-order valence-electron chi connectivity index (χ3n) is 8.39. The van der Waals surface area contributed by atoms with E-state index >= 15 is 0 Å². The summed E-state index contributed by atoms with van der Waals surface area (Å²) >= 11 is 0. The summed E-state index contributed by atoms with van der Waals surface area (Å²) in [5.74, 6) is 1.66. The largest absolute Gasteiger partial charge is 0.457 e. The Morgan fingerprint density at radius 2 is 0.556 bits per heavy atom. The Bertz CT molecular complexity index is 2240. The van der Waals surface area contributed by atoms with Crippen LogP contribution in [0, 0.1) is 0 Å². The smallest absolute Gasteiger partial charge is 0.128 e. The summed E-state index contributed by atoms with van der Waals surface area (Å²) in [5.41, 5.74) is 4.74. The molecule has 0 N–H and O–H groups in total. The lowest BCUT2D eigenvalue weighted by atomic mass is 10.0. The SMILES string of the molecule is C(=Cc1ccc2cc(Oc3ccc4cc(C=Cc5ccc6ccccc6c5)ccc4c3)ccc2c1)c1ccc2ccccc2c1. The first-order valence-corrected chi connectivity index (χ1v) is 15.3. The molecule has 0 spiro atoms. The Morgan fingerprint density at radius 1 is 0.267 bits per heavy atom. The Hall–Kier alpha value is -5.92. The third-order valence-corrected chi connectivity index (χ3v) is 8.39. The van der Waals surface area contributed by atoms with Gasteiger partial charge in [0.1, 0.15) is 11.5 Å².